The molecule has 0 saturated carbocycles. The van der Waals surface area contributed by atoms with Crippen molar-refractivity contribution >= 4 is 17.6 Å². The molecule has 1 atom stereocenters. The van der Waals surface area contributed by atoms with Crippen molar-refractivity contribution < 1.29 is 14.3 Å². The number of anilines is 1. The van der Waals surface area contributed by atoms with Crippen LogP contribution in [0.2, 0.25) is 0 Å². The van der Waals surface area contributed by atoms with Gasteiger partial charge in [0.2, 0.25) is 5.91 Å². The van der Waals surface area contributed by atoms with Crippen molar-refractivity contribution in [1.82, 2.24) is 0 Å². The summed E-state index contributed by atoms with van der Waals surface area (Å²) in [6.07, 6.45) is 0.782. The van der Waals surface area contributed by atoms with Crippen molar-refractivity contribution in [3.8, 4) is 0 Å². The number of nitrogens with one attached hydrogen (secondary N) is 1. The molecule has 0 fully saturated rings. The number of hydrogen-bond donors (Lipinski definition) is 2. The van der Waals surface area contributed by atoms with Crippen LogP contribution in [0.4, 0.5) is 5.69 Å². The Kier molecular flexibility index (Phi) is 5.90. The summed E-state index contributed by atoms with van der Waals surface area (Å²) in [6.45, 7) is 8.06. The first-order valence-electron chi connectivity index (χ1n) is 7.09. The van der Waals surface area contributed by atoms with Gasteiger partial charge in [-0.3, -0.25) is 4.79 Å². The number of rotatable bonds is 5. The van der Waals surface area contributed by atoms with Crippen molar-refractivity contribution in [2.75, 3.05) is 11.9 Å². The van der Waals surface area contributed by atoms with E-state index in [-0.39, 0.29) is 17.3 Å². The van der Waals surface area contributed by atoms with Crippen LogP contribution in [0.25, 0.3) is 0 Å². The Hall–Kier alpha value is -1.88. The molecule has 1 aromatic rings. The molecule has 1 rings (SSSR count). The summed E-state index contributed by atoms with van der Waals surface area (Å²) in [5.74, 6) is -0.607. The predicted octanol–water partition coefficient (Wildman–Crippen LogP) is 2.57. The summed E-state index contributed by atoms with van der Waals surface area (Å²) in [6, 6.07) is 5.96. The van der Waals surface area contributed by atoms with E-state index in [2.05, 4.69) is 5.32 Å². The van der Waals surface area contributed by atoms with E-state index < -0.39 is 6.04 Å². The second kappa shape index (κ2) is 7.22. The molecule has 21 heavy (non-hydrogen) atoms. The first-order chi connectivity index (χ1) is 9.75. The van der Waals surface area contributed by atoms with Crippen LogP contribution in [0.1, 0.15) is 44.5 Å². The summed E-state index contributed by atoms with van der Waals surface area (Å²) in [5, 5.41) is 2.74. The third-order valence-corrected chi connectivity index (χ3v) is 3.04. The number of carbonyl (C=O) groups excluding carboxylic acids is 2. The highest BCUT2D eigenvalue weighted by Gasteiger charge is 2.27. The number of amides is 1. The molecule has 0 heterocycles. The van der Waals surface area contributed by atoms with Gasteiger partial charge < -0.3 is 15.8 Å². The molecule has 0 aromatic heterocycles. The Bertz CT molecular complexity index is 489. The van der Waals surface area contributed by atoms with E-state index in [4.69, 9.17) is 10.5 Å². The summed E-state index contributed by atoms with van der Waals surface area (Å²) in [7, 11) is 0. The van der Waals surface area contributed by atoms with Gasteiger partial charge in [0.1, 0.15) is 0 Å². The average molecular weight is 292 g/mol. The highest BCUT2D eigenvalue weighted by Crippen LogP contribution is 2.19. The van der Waals surface area contributed by atoms with E-state index in [1.54, 1.807) is 24.3 Å². The number of hydrogen-bond acceptors (Lipinski definition) is 4. The van der Waals surface area contributed by atoms with Gasteiger partial charge >= 0.3 is 5.97 Å². The SMILES string of the molecule is CCCOC(=O)c1ccc(NC(=O)C(N)C(C)(C)C)cc1. The van der Waals surface area contributed by atoms with Crippen LogP contribution >= 0.6 is 0 Å². The van der Waals surface area contributed by atoms with Gasteiger partial charge in [-0.1, -0.05) is 27.7 Å². The van der Waals surface area contributed by atoms with Gasteiger partial charge in [0, 0.05) is 5.69 Å². The summed E-state index contributed by atoms with van der Waals surface area (Å²) < 4.78 is 5.03. The molecule has 1 unspecified atom stereocenters. The summed E-state index contributed by atoms with van der Waals surface area (Å²) >= 11 is 0. The minimum absolute atomic E-state index is 0.246. The maximum Gasteiger partial charge on any atom is 0.338 e. The van der Waals surface area contributed by atoms with E-state index in [0.29, 0.717) is 17.9 Å². The zero-order valence-corrected chi connectivity index (χ0v) is 13.1. The Morgan fingerprint density at radius 1 is 1.24 bits per heavy atom. The standard InChI is InChI=1S/C16H24N2O3/c1-5-10-21-15(20)11-6-8-12(9-7-11)18-14(19)13(17)16(2,3)4/h6-9,13H,5,10,17H2,1-4H3,(H,18,19). The molecule has 0 bridgehead atoms. The molecule has 0 saturated heterocycles. The molecule has 0 aliphatic heterocycles. The largest absolute Gasteiger partial charge is 0.462 e. The zero-order chi connectivity index (χ0) is 16.0. The second-order valence-corrected chi connectivity index (χ2v) is 6.05. The van der Waals surface area contributed by atoms with Crippen LogP contribution in [0, 0.1) is 5.41 Å². The topological polar surface area (TPSA) is 81.4 Å². The zero-order valence-electron chi connectivity index (χ0n) is 13.1. The van der Waals surface area contributed by atoms with Gasteiger partial charge in [-0.05, 0) is 36.1 Å². The molecular weight excluding hydrogens is 268 g/mol. The van der Waals surface area contributed by atoms with Crippen LogP contribution in [0.3, 0.4) is 0 Å². The van der Waals surface area contributed by atoms with Gasteiger partial charge in [0.15, 0.2) is 0 Å². The maximum absolute atomic E-state index is 12.0. The summed E-state index contributed by atoms with van der Waals surface area (Å²) in [5.41, 5.74) is 6.64. The van der Waals surface area contributed by atoms with Gasteiger partial charge in [0.25, 0.3) is 0 Å². The lowest BCUT2D eigenvalue weighted by atomic mass is 9.87. The lowest BCUT2D eigenvalue weighted by Gasteiger charge is -2.25. The van der Waals surface area contributed by atoms with E-state index in [1.807, 2.05) is 27.7 Å². The van der Waals surface area contributed by atoms with E-state index in [0.717, 1.165) is 6.42 Å². The highest BCUT2D eigenvalue weighted by molar-refractivity contribution is 5.96. The van der Waals surface area contributed by atoms with E-state index in [1.165, 1.54) is 0 Å². The molecule has 1 aromatic carbocycles. The van der Waals surface area contributed by atoms with Crippen molar-refractivity contribution in [2.45, 2.75) is 40.2 Å². The van der Waals surface area contributed by atoms with Crippen LogP contribution in [0.5, 0.6) is 0 Å². The normalized spacial score (nSPS) is 12.6. The highest BCUT2D eigenvalue weighted by atomic mass is 16.5. The monoisotopic (exact) mass is 292 g/mol. The van der Waals surface area contributed by atoms with Crippen molar-refractivity contribution in [1.29, 1.82) is 0 Å². The number of nitrogens with two attached hydrogens (primary N) is 1. The Morgan fingerprint density at radius 3 is 2.29 bits per heavy atom. The third-order valence-electron chi connectivity index (χ3n) is 3.04. The minimum atomic E-state index is -0.605. The van der Waals surface area contributed by atoms with Crippen LogP contribution in [-0.2, 0) is 9.53 Å². The Balaban J connectivity index is 2.67. The molecule has 0 radical (unpaired) electrons. The van der Waals surface area contributed by atoms with Crippen LogP contribution in [-0.4, -0.2) is 24.5 Å². The fourth-order valence-electron chi connectivity index (χ4n) is 1.58. The predicted molar refractivity (Wildman–Crippen MR) is 83.1 cm³/mol. The number of carbonyl (C=O) groups is 2. The third kappa shape index (κ3) is 5.19. The van der Waals surface area contributed by atoms with Gasteiger partial charge in [-0.2, -0.15) is 0 Å². The fourth-order valence-corrected chi connectivity index (χ4v) is 1.58. The molecule has 0 aliphatic carbocycles. The number of esters is 1. The number of ether oxygens (including phenoxy) is 1. The van der Waals surface area contributed by atoms with Crippen molar-refractivity contribution in [3.05, 3.63) is 29.8 Å². The molecule has 0 aliphatic rings. The molecular formula is C16H24N2O3. The average Bonchev–Trinajstić information content (AvgIpc) is 2.43. The van der Waals surface area contributed by atoms with E-state index in [9.17, 15) is 9.59 Å². The first kappa shape index (κ1) is 17.2. The lowest BCUT2D eigenvalue weighted by molar-refractivity contribution is -0.119. The van der Waals surface area contributed by atoms with Gasteiger partial charge in [0.05, 0.1) is 18.2 Å². The molecule has 5 heteroatoms. The molecule has 5 nitrogen and oxygen atoms in total. The minimum Gasteiger partial charge on any atom is -0.462 e. The Morgan fingerprint density at radius 2 is 1.81 bits per heavy atom. The number of benzene rings is 1. The van der Waals surface area contributed by atoms with Gasteiger partial charge in [-0.15, -0.1) is 0 Å². The maximum atomic E-state index is 12.0. The van der Waals surface area contributed by atoms with Crippen LogP contribution in [0.15, 0.2) is 24.3 Å². The fraction of sp³-hybridized carbons (Fsp3) is 0.500. The smallest absolute Gasteiger partial charge is 0.338 e. The lowest BCUT2D eigenvalue weighted by Crippen LogP contribution is -2.45. The van der Waals surface area contributed by atoms with Crippen LogP contribution < -0.4 is 11.1 Å². The van der Waals surface area contributed by atoms with E-state index >= 15 is 0 Å². The van der Waals surface area contributed by atoms with Crippen molar-refractivity contribution in [3.63, 3.8) is 0 Å². The molecule has 0 spiro atoms. The van der Waals surface area contributed by atoms with Crippen molar-refractivity contribution in [2.24, 2.45) is 11.1 Å². The molecule has 116 valence electrons. The molecule has 1 amide bonds. The second-order valence-electron chi connectivity index (χ2n) is 6.05. The summed E-state index contributed by atoms with van der Waals surface area (Å²) in [4.78, 5) is 23.6. The Labute approximate surface area is 125 Å². The first-order valence-corrected chi connectivity index (χ1v) is 7.09. The molecule has 3 N–H and O–H groups in total. The quantitative estimate of drug-likeness (QED) is 0.817. The van der Waals surface area contributed by atoms with Gasteiger partial charge in [-0.25, -0.2) is 4.79 Å².